The molecule has 2 N–H and O–H groups in total. The van der Waals surface area contributed by atoms with Crippen molar-refractivity contribution in [2.75, 3.05) is 24.5 Å². The molecule has 5 heterocycles. The van der Waals surface area contributed by atoms with Crippen LogP contribution in [0.2, 0.25) is 0 Å². The number of morpholine rings is 1. The Morgan fingerprint density at radius 1 is 1.12 bits per heavy atom. The molecule has 0 aromatic carbocycles. The van der Waals surface area contributed by atoms with Gasteiger partial charge in [-0.1, -0.05) is 0 Å². The van der Waals surface area contributed by atoms with E-state index in [1.54, 1.807) is 6.20 Å². The van der Waals surface area contributed by atoms with Crippen LogP contribution in [0, 0.1) is 5.92 Å². The van der Waals surface area contributed by atoms with Crippen molar-refractivity contribution in [3.8, 4) is 11.5 Å². The molecule has 4 atom stereocenters. The minimum atomic E-state index is -4.45. The standard InChI is InChI=1S/C21H24F3N7O/c1-12-9-30(11-17(32-12)15-7-27-29-13(15)2)19-5-6-25-20(28-19)16-8-26-18-4-3-14(10-31(16)18)21(22,23)24/h3-6,8,10,12-13,15,17,27,29H,7,9,11H2,1-2H3/t12-,13?,15?,17-/m1/s1. The molecule has 0 aliphatic carbocycles. The molecule has 170 valence electrons. The minimum absolute atomic E-state index is 0.0186. The highest BCUT2D eigenvalue weighted by atomic mass is 19.4. The lowest BCUT2D eigenvalue weighted by Crippen LogP contribution is -2.52. The van der Waals surface area contributed by atoms with Gasteiger partial charge in [0.05, 0.1) is 24.0 Å². The van der Waals surface area contributed by atoms with Crippen molar-refractivity contribution >= 4 is 11.5 Å². The number of ether oxygens (including phenoxy) is 1. The average Bonchev–Trinajstić information content (AvgIpc) is 3.38. The molecule has 2 aliphatic heterocycles. The third kappa shape index (κ3) is 3.91. The van der Waals surface area contributed by atoms with Crippen LogP contribution in [0.4, 0.5) is 19.0 Å². The van der Waals surface area contributed by atoms with Crippen molar-refractivity contribution < 1.29 is 17.9 Å². The van der Waals surface area contributed by atoms with Gasteiger partial charge in [0.2, 0.25) is 0 Å². The zero-order valence-corrected chi connectivity index (χ0v) is 17.7. The third-order valence-electron chi connectivity index (χ3n) is 6.10. The second-order valence-corrected chi connectivity index (χ2v) is 8.39. The van der Waals surface area contributed by atoms with Gasteiger partial charge in [-0.3, -0.25) is 15.3 Å². The fraction of sp³-hybridized carbons (Fsp3) is 0.476. The highest BCUT2D eigenvalue weighted by Gasteiger charge is 2.37. The zero-order chi connectivity index (χ0) is 22.5. The molecule has 2 saturated heterocycles. The van der Waals surface area contributed by atoms with Crippen LogP contribution in [0.25, 0.3) is 17.2 Å². The van der Waals surface area contributed by atoms with Crippen molar-refractivity contribution in [1.82, 2.24) is 30.2 Å². The fourth-order valence-corrected chi connectivity index (χ4v) is 4.45. The lowest BCUT2D eigenvalue weighted by molar-refractivity contribution is -0.137. The highest BCUT2D eigenvalue weighted by Crippen LogP contribution is 2.31. The number of fused-ring (bicyclic) bond motifs is 1. The maximum absolute atomic E-state index is 13.2. The monoisotopic (exact) mass is 447 g/mol. The number of imidazole rings is 1. The van der Waals surface area contributed by atoms with Gasteiger partial charge in [0.1, 0.15) is 17.2 Å². The molecule has 5 rings (SSSR count). The van der Waals surface area contributed by atoms with Gasteiger partial charge in [-0.05, 0) is 32.0 Å². The van der Waals surface area contributed by atoms with Gasteiger partial charge in [0, 0.05) is 44.0 Å². The van der Waals surface area contributed by atoms with E-state index in [1.807, 2.05) is 13.0 Å². The largest absolute Gasteiger partial charge is 0.417 e. The Bertz CT molecular complexity index is 1120. The van der Waals surface area contributed by atoms with E-state index in [2.05, 4.69) is 37.6 Å². The van der Waals surface area contributed by atoms with E-state index in [0.29, 0.717) is 42.0 Å². The number of hydrogen-bond donors (Lipinski definition) is 2. The molecule has 0 bridgehead atoms. The summed E-state index contributed by atoms with van der Waals surface area (Å²) in [6.07, 6.45) is -0.247. The molecular weight excluding hydrogens is 423 g/mol. The van der Waals surface area contributed by atoms with E-state index in [-0.39, 0.29) is 18.2 Å². The van der Waals surface area contributed by atoms with E-state index in [9.17, 15) is 13.2 Å². The van der Waals surface area contributed by atoms with Crippen LogP contribution >= 0.6 is 0 Å². The van der Waals surface area contributed by atoms with Crippen molar-refractivity contribution in [3.05, 3.63) is 42.4 Å². The number of hydrogen-bond acceptors (Lipinski definition) is 7. The Morgan fingerprint density at radius 2 is 1.97 bits per heavy atom. The number of rotatable bonds is 3. The predicted octanol–water partition coefficient (Wildman–Crippen LogP) is 2.52. The lowest BCUT2D eigenvalue weighted by atomic mass is 9.95. The first kappa shape index (κ1) is 21.1. The van der Waals surface area contributed by atoms with Crippen molar-refractivity contribution in [3.63, 3.8) is 0 Å². The van der Waals surface area contributed by atoms with Crippen LogP contribution < -0.4 is 15.8 Å². The van der Waals surface area contributed by atoms with Crippen molar-refractivity contribution in [1.29, 1.82) is 0 Å². The number of nitrogens with one attached hydrogen (secondary N) is 2. The fourth-order valence-electron chi connectivity index (χ4n) is 4.45. The van der Waals surface area contributed by atoms with Crippen LogP contribution in [0.3, 0.4) is 0 Å². The number of pyridine rings is 1. The molecule has 0 amide bonds. The van der Waals surface area contributed by atoms with Gasteiger partial charge in [-0.2, -0.15) is 13.2 Å². The van der Waals surface area contributed by atoms with E-state index < -0.39 is 11.7 Å². The quantitative estimate of drug-likeness (QED) is 0.639. The maximum Gasteiger partial charge on any atom is 0.417 e. The summed E-state index contributed by atoms with van der Waals surface area (Å²) >= 11 is 0. The summed E-state index contributed by atoms with van der Waals surface area (Å²) in [5.41, 5.74) is 6.47. The van der Waals surface area contributed by atoms with Crippen LogP contribution in [0.1, 0.15) is 19.4 Å². The van der Waals surface area contributed by atoms with Gasteiger partial charge >= 0.3 is 6.18 Å². The van der Waals surface area contributed by atoms with E-state index >= 15 is 0 Å². The number of nitrogens with zero attached hydrogens (tertiary/aromatic N) is 5. The number of halogens is 3. The number of hydrazine groups is 1. The first-order chi connectivity index (χ1) is 15.3. The molecule has 11 heteroatoms. The van der Waals surface area contributed by atoms with Crippen LogP contribution in [0.5, 0.6) is 0 Å². The van der Waals surface area contributed by atoms with Crippen LogP contribution in [0.15, 0.2) is 36.8 Å². The molecule has 0 radical (unpaired) electrons. The summed E-state index contributed by atoms with van der Waals surface area (Å²) in [5.74, 6) is 1.35. The molecule has 3 aromatic rings. The molecule has 32 heavy (non-hydrogen) atoms. The molecule has 0 saturated carbocycles. The summed E-state index contributed by atoms with van der Waals surface area (Å²) in [6.45, 7) is 6.32. The van der Waals surface area contributed by atoms with Gasteiger partial charge in [0.25, 0.3) is 0 Å². The second-order valence-electron chi connectivity index (χ2n) is 8.39. The molecule has 2 fully saturated rings. The summed E-state index contributed by atoms with van der Waals surface area (Å²) in [7, 11) is 0. The van der Waals surface area contributed by atoms with Crippen LogP contribution in [-0.4, -0.2) is 57.2 Å². The first-order valence-corrected chi connectivity index (χ1v) is 10.6. The summed E-state index contributed by atoms with van der Waals surface area (Å²) in [6, 6.07) is 4.47. The Labute approximate surface area is 182 Å². The van der Waals surface area contributed by atoms with E-state index in [4.69, 9.17) is 4.74 Å². The van der Waals surface area contributed by atoms with E-state index in [0.717, 1.165) is 18.8 Å². The Kier molecular flexibility index (Phi) is 5.26. The minimum Gasteiger partial charge on any atom is -0.371 e. The molecule has 0 spiro atoms. The Hall–Kier alpha value is -2.76. The smallest absolute Gasteiger partial charge is 0.371 e. The zero-order valence-electron chi connectivity index (χ0n) is 17.7. The lowest BCUT2D eigenvalue weighted by Gasteiger charge is -2.40. The Morgan fingerprint density at radius 3 is 2.72 bits per heavy atom. The van der Waals surface area contributed by atoms with E-state index in [1.165, 1.54) is 16.7 Å². The third-order valence-corrected chi connectivity index (χ3v) is 6.10. The normalized spacial score (nSPS) is 26.7. The van der Waals surface area contributed by atoms with Crippen molar-refractivity contribution in [2.45, 2.75) is 38.3 Å². The summed E-state index contributed by atoms with van der Waals surface area (Å²) in [5, 5.41) is 0. The topological polar surface area (TPSA) is 79.6 Å². The summed E-state index contributed by atoms with van der Waals surface area (Å²) in [4.78, 5) is 15.4. The molecular formula is C21H24F3N7O. The number of anilines is 1. The second kappa shape index (κ2) is 7.98. The number of alkyl halides is 3. The summed E-state index contributed by atoms with van der Waals surface area (Å²) < 4.78 is 47.2. The molecule has 2 aliphatic rings. The molecule has 2 unspecified atom stereocenters. The van der Waals surface area contributed by atoms with Gasteiger partial charge < -0.3 is 9.64 Å². The van der Waals surface area contributed by atoms with Gasteiger partial charge in [-0.15, -0.1) is 0 Å². The maximum atomic E-state index is 13.2. The SMILES string of the molecule is CC1NNCC1[C@H]1CN(c2ccnc(-c3cnc4ccc(C(F)(F)F)cn34)n2)C[C@@H](C)O1. The van der Waals surface area contributed by atoms with Crippen molar-refractivity contribution in [2.24, 2.45) is 5.92 Å². The predicted molar refractivity (Wildman–Crippen MR) is 112 cm³/mol. The first-order valence-electron chi connectivity index (χ1n) is 10.6. The number of aromatic nitrogens is 4. The van der Waals surface area contributed by atoms with Crippen LogP contribution in [-0.2, 0) is 10.9 Å². The Balaban J connectivity index is 1.46. The molecule has 8 nitrogen and oxygen atoms in total. The van der Waals surface area contributed by atoms with Gasteiger partial charge in [0.15, 0.2) is 5.82 Å². The molecule has 3 aromatic heterocycles. The average molecular weight is 447 g/mol. The van der Waals surface area contributed by atoms with Gasteiger partial charge in [-0.25, -0.2) is 15.0 Å². The highest BCUT2D eigenvalue weighted by molar-refractivity contribution is 5.59.